The van der Waals surface area contributed by atoms with E-state index in [4.69, 9.17) is 4.74 Å². The molecule has 33 heavy (non-hydrogen) atoms. The van der Waals surface area contributed by atoms with Gasteiger partial charge in [-0.15, -0.1) is 0 Å². The van der Waals surface area contributed by atoms with Crippen molar-refractivity contribution in [1.82, 2.24) is 14.6 Å². The monoisotopic (exact) mass is 444 g/mol. The van der Waals surface area contributed by atoms with Crippen LogP contribution < -0.4 is 15.7 Å². The second kappa shape index (κ2) is 9.44. The van der Waals surface area contributed by atoms with E-state index in [2.05, 4.69) is 10.5 Å². The van der Waals surface area contributed by atoms with Crippen molar-refractivity contribution in [3.8, 4) is 11.6 Å². The summed E-state index contributed by atoms with van der Waals surface area (Å²) in [6, 6.07) is 18.0. The number of hydrazone groups is 1. The molecular formula is C25H24N4O4. The number of fused-ring (bicyclic) bond motifs is 1. The van der Waals surface area contributed by atoms with Crippen LogP contribution in [-0.2, 0) is 24.8 Å². The lowest BCUT2D eigenvalue weighted by atomic mass is 10.1. The van der Waals surface area contributed by atoms with Gasteiger partial charge in [-0.25, -0.2) is 5.43 Å². The Morgan fingerprint density at radius 1 is 1.09 bits per heavy atom. The van der Waals surface area contributed by atoms with E-state index in [0.29, 0.717) is 22.1 Å². The fourth-order valence-electron chi connectivity index (χ4n) is 3.65. The molecule has 0 spiro atoms. The van der Waals surface area contributed by atoms with Gasteiger partial charge in [0.2, 0.25) is 11.8 Å². The fraction of sp³-hybridized carbons (Fsp3) is 0.160. The lowest BCUT2D eigenvalue weighted by Crippen LogP contribution is -2.23. The number of aryl methyl sites for hydroxylation is 1. The molecule has 2 N–H and O–H groups in total. The summed E-state index contributed by atoms with van der Waals surface area (Å²) >= 11 is 0. The molecule has 168 valence electrons. The van der Waals surface area contributed by atoms with E-state index in [1.54, 1.807) is 43.5 Å². The minimum atomic E-state index is -0.316. The van der Waals surface area contributed by atoms with E-state index in [9.17, 15) is 14.7 Å². The van der Waals surface area contributed by atoms with Crippen LogP contribution in [-0.4, -0.2) is 33.5 Å². The van der Waals surface area contributed by atoms with Gasteiger partial charge in [-0.1, -0.05) is 30.3 Å². The van der Waals surface area contributed by atoms with E-state index < -0.39 is 0 Å². The Morgan fingerprint density at radius 2 is 1.82 bits per heavy atom. The molecule has 2 aromatic carbocycles. The quantitative estimate of drug-likeness (QED) is 0.338. The molecule has 8 nitrogen and oxygen atoms in total. The third-order valence-electron chi connectivity index (χ3n) is 5.47. The topological polar surface area (TPSA) is 97.8 Å². The SMILES string of the molecule is COc1ccc(Cn2c(O)c(/C=N\NC(=O)Cc3cccn3C)c3ccccc3c2=O)cc1. The van der Waals surface area contributed by atoms with E-state index >= 15 is 0 Å². The van der Waals surface area contributed by atoms with Crippen LogP contribution in [0, 0.1) is 0 Å². The van der Waals surface area contributed by atoms with Crippen LogP contribution in [0.15, 0.2) is 76.8 Å². The summed E-state index contributed by atoms with van der Waals surface area (Å²) in [6.07, 6.45) is 3.40. The van der Waals surface area contributed by atoms with Gasteiger partial charge in [-0.3, -0.25) is 14.2 Å². The Bertz CT molecular complexity index is 1380. The third kappa shape index (κ3) is 4.64. The van der Waals surface area contributed by atoms with E-state index in [1.165, 1.54) is 10.8 Å². The first-order chi connectivity index (χ1) is 16.0. The zero-order chi connectivity index (χ0) is 23.4. The third-order valence-corrected chi connectivity index (χ3v) is 5.47. The van der Waals surface area contributed by atoms with Gasteiger partial charge >= 0.3 is 0 Å². The van der Waals surface area contributed by atoms with Crippen molar-refractivity contribution < 1.29 is 14.6 Å². The molecule has 1 amide bonds. The average Bonchev–Trinajstić information content (AvgIpc) is 3.23. The van der Waals surface area contributed by atoms with Crippen LogP contribution in [0.3, 0.4) is 0 Å². The summed E-state index contributed by atoms with van der Waals surface area (Å²) in [5.41, 5.74) is 4.19. The Hall–Kier alpha value is -4.33. The number of carbonyl (C=O) groups excluding carboxylic acids is 1. The Kier molecular flexibility index (Phi) is 6.26. The molecular weight excluding hydrogens is 420 g/mol. The van der Waals surface area contributed by atoms with Crippen molar-refractivity contribution in [1.29, 1.82) is 0 Å². The predicted molar refractivity (Wildman–Crippen MR) is 127 cm³/mol. The zero-order valence-corrected chi connectivity index (χ0v) is 18.4. The first kappa shape index (κ1) is 21.9. The van der Waals surface area contributed by atoms with E-state index in [0.717, 1.165) is 11.3 Å². The number of aromatic nitrogens is 2. The molecule has 0 fully saturated rings. The number of methoxy groups -OCH3 is 1. The molecule has 4 aromatic rings. The summed E-state index contributed by atoms with van der Waals surface area (Å²) < 4.78 is 8.32. The number of rotatable bonds is 7. The maximum absolute atomic E-state index is 13.1. The minimum Gasteiger partial charge on any atom is -0.497 e. The summed E-state index contributed by atoms with van der Waals surface area (Å²) in [5.74, 6) is 0.186. The number of amides is 1. The number of carbonyl (C=O) groups is 1. The highest BCUT2D eigenvalue weighted by Gasteiger charge is 2.15. The Balaban J connectivity index is 1.65. The van der Waals surface area contributed by atoms with Crippen LogP contribution in [0.1, 0.15) is 16.8 Å². The molecule has 0 unspecified atom stereocenters. The van der Waals surface area contributed by atoms with Gasteiger partial charge in [-0.05, 0) is 35.9 Å². The number of nitrogens with one attached hydrogen (secondary N) is 1. The second-order valence-corrected chi connectivity index (χ2v) is 7.60. The maximum Gasteiger partial charge on any atom is 0.261 e. The summed E-state index contributed by atoms with van der Waals surface area (Å²) in [5, 5.41) is 16.0. The van der Waals surface area contributed by atoms with Crippen molar-refractivity contribution in [2.45, 2.75) is 13.0 Å². The van der Waals surface area contributed by atoms with Crippen molar-refractivity contribution >= 4 is 22.9 Å². The van der Waals surface area contributed by atoms with Crippen molar-refractivity contribution in [3.63, 3.8) is 0 Å². The molecule has 0 bridgehead atoms. The van der Waals surface area contributed by atoms with Gasteiger partial charge in [0, 0.05) is 29.7 Å². The number of aromatic hydroxyl groups is 1. The molecule has 0 atom stereocenters. The van der Waals surface area contributed by atoms with Crippen molar-refractivity contribution in [3.05, 3.63) is 94.0 Å². The summed E-state index contributed by atoms with van der Waals surface area (Å²) in [6.45, 7) is 0.167. The van der Waals surface area contributed by atoms with Crippen LogP contribution in [0.2, 0.25) is 0 Å². The van der Waals surface area contributed by atoms with Crippen molar-refractivity contribution in [2.24, 2.45) is 12.1 Å². The normalized spacial score (nSPS) is 11.2. The van der Waals surface area contributed by atoms with Crippen LogP contribution >= 0.6 is 0 Å². The smallest absolute Gasteiger partial charge is 0.261 e. The number of benzene rings is 2. The van der Waals surface area contributed by atoms with E-state index in [-0.39, 0.29) is 30.3 Å². The largest absolute Gasteiger partial charge is 0.497 e. The van der Waals surface area contributed by atoms with Crippen molar-refractivity contribution in [2.75, 3.05) is 7.11 Å². The molecule has 2 aromatic heterocycles. The summed E-state index contributed by atoms with van der Waals surface area (Å²) in [7, 11) is 3.45. The number of pyridine rings is 1. The van der Waals surface area contributed by atoms with Crippen LogP contribution in [0.5, 0.6) is 11.6 Å². The minimum absolute atomic E-state index is 0.167. The lowest BCUT2D eigenvalue weighted by molar-refractivity contribution is -0.120. The highest BCUT2D eigenvalue weighted by molar-refractivity contribution is 6.01. The van der Waals surface area contributed by atoms with Gasteiger partial charge < -0.3 is 14.4 Å². The molecule has 4 rings (SSSR count). The molecule has 0 saturated carbocycles. The Labute approximate surface area is 190 Å². The zero-order valence-electron chi connectivity index (χ0n) is 18.4. The highest BCUT2D eigenvalue weighted by atomic mass is 16.5. The van der Waals surface area contributed by atoms with Crippen LogP contribution in [0.4, 0.5) is 0 Å². The highest BCUT2D eigenvalue weighted by Crippen LogP contribution is 2.24. The van der Waals surface area contributed by atoms with Gasteiger partial charge in [0.05, 0.1) is 31.9 Å². The molecule has 0 aliphatic rings. The van der Waals surface area contributed by atoms with Gasteiger partial charge in [-0.2, -0.15) is 5.10 Å². The second-order valence-electron chi connectivity index (χ2n) is 7.60. The molecule has 0 aliphatic heterocycles. The van der Waals surface area contributed by atoms with Crippen LogP contribution in [0.25, 0.3) is 10.8 Å². The summed E-state index contributed by atoms with van der Waals surface area (Å²) in [4.78, 5) is 25.3. The molecule has 0 aliphatic carbocycles. The fourth-order valence-corrected chi connectivity index (χ4v) is 3.65. The van der Waals surface area contributed by atoms with Gasteiger partial charge in [0.15, 0.2) is 0 Å². The number of nitrogens with zero attached hydrogens (tertiary/aromatic N) is 3. The maximum atomic E-state index is 13.1. The van der Waals surface area contributed by atoms with Gasteiger partial charge in [0.25, 0.3) is 5.56 Å². The molecule has 8 heteroatoms. The standard InChI is InChI=1S/C25H24N4O4/c1-28-13-5-6-18(28)14-23(30)27-26-15-22-20-7-3-4-8-21(20)24(31)29(25(22)32)16-17-9-11-19(33-2)12-10-17/h3-13,15,32H,14,16H2,1-2H3,(H,27,30)/b26-15-. The first-order valence-corrected chi connectivity index (χ1v) is 10.4. The average molecular weight is 444 g/mol. The number of hydrogen-bond acceptors (Lipinski definition) is 5. The van der Waals surface area contributed by atoms with Gasteiger partial charge in [0.1, 0.15) is 5.75 Å². The predicted octanol–water partition coefficient (Wildman–Crippen LogP) is 2.80. The molecule has 0 saturated heterocycles. The Morgan fingerprint density at radius 3 is 2.48 bits per heavy atom. The number of hydrogen-bond donors (Lipinski definition) is 2. The molecule has 0 radical (unpaired) electrons. The molecule has 2 heterocycles. The number of ether oxygens (including phenoxy) is 1. The lowest BCUT2D eigenvalue weighted by Gasteiger charge is -2.14. The first-order valence-electron chi connectivity index (χ1n) is 10.4. The van der Waals surface area contributed by atoms with E-state index in [1.807, 2.05) is 42.1 Å².